The lowest BCUT2D eigenvalue weighted by atomic mass is 10.2. The van der Waals surface area contributed by atoms with Crippen LogP contribution in [0.15, 0.2) is 28.7 Å². The summed E-state index contributed by atoms with van der Waals surface area (Å²) in [4.78, 5) is 25.2. The normalized spacial score (nSPS) is 10.2. The molecule has 110 valence electrons. The average molecular weight is 343 g/mol. The van der Waals surface area contributed by atoms with Crippen LogP contribution in [-0.4, -0.2) is 50.6 Å². The minimum absolute atomic E-state index is 0.0349. The van der Waals surface area contributed by atoms with Crippen LogP contribution in [0.1, 0.15) is 16.8 Å². The van der Waals surface area contributed by atoms with E-state index in [9.17, 15) is 9.59 Å². The van der Waals surface area contributed by atoms with E-state index in [1.165, 1.54) is 4.90 Å². The topological polar surface area (TPSA) is 58.6 Å². The summed E-state index contributed by atoms with van der Waals surface area (Å²) in [7, 11) is 3.22. The maximum absolute atomic E-state index is 12.2. The predicted octanol–water partition coefficient (Wildman–Crippen LogP) is 1.67. The van der Waals surface area contributed by atoms with Gasteiger partial charge in [0.1, 0.15) is 0 Å². The monoisotopic (exact) mass is 342 g/mol. The smallest absolute Gasteiger partial charge is 0.255 e. The molecule has 0 aliphatic heterocycles. The number of ether oxygens (including phenoxy) is 1. The molecule has 0 aliphatic carbocycles. The SMILES string of the molecule is COCCCNC(=O)CN(C)C(=O)c1ccccc1Br. The van der Waals surface area contributed by atoms with Crippen LogP contribution >= 0.6 is 15.9 Å². The molecular weight excluding hydrogens is 324 g/mol. The van der Waals surface area contributed by atoms with Gasteiger partial charge in [-0.2, -0.15) is 0 Å². The molecule has 1 rings (SSSR count). The summed E-state index contributed by atoms with van der Waals surface area (Å²) in [5.74, 6) is -0.367. The highest BCUT2D eigenvalue weighted by atomic mass is 79.9. The molecule has 0 bridgehead atoms. The summed E-state index contributed by atoms with van der Waals surface area (Å²) < 4.78 is 5.61. The van der Waals surface area contributed by atoms with Gasteiger partial charge in [-0.25, -0.2) is 0 Å². The van der Waals surface area contributed by atoms with Crippen LogP contribution in [0, 0.1) is 0 Å². The Morgan fingerprint density at radius 2 is 2.05 bits per heavy atom. The molecule has 20 heavy (non-hydrogen) atoms. The number of likely N-dealkylation sites (N-methyl/N-ethyl adjacent to an activating group) is 1. The lowest BCUT2D eigenvalue weighted by Crippen LogP contribution is -2.38. The summed E-state index contributed by atoms with van der Waals surface area (Å²) in [5.41, 5.74) is 0.544. The molecule has 5 nitrogen and oxygen atoms in total. The van der Waals surface area contributed by atoms with E-state index >= 15 is 0 Å². The molecule has 1 aromatic carbocycles. The molecule has 1 N–H and O–H groups in total. The number of halogens is 1. The zero-order valence-corrected chi connectivity index (χ0v) is 13.3. The number of carbonyl (C=O) groups excluding carboxylic acids is 2. The van der Waals surface area contributed by atoms with E-state index in [-0.39, 0.29) is 18.4 Å². The molecule has 0 saturated heterocycles. The van der Waals surface area contributed by atoms with Gasteiger partial charge in [-0.1, -0.05) is 12.1 Å². The minimum atomic E-state index is -0.190. The molecule has 2 amide bonds. The van der Waals surface area contributed by atoms with Crippen LogP contribution in [0.5, 0.6) is 0 Å². The van der Waals surface area contributed by atoms with Gasteiger partial charge in [-0.3, -0.25) is 9.59 Å². The van der Waals surface area contributed by atoms with Gasteiger partial charge in [0.15, 0.2) is 0 Å². The number of amides is 2. The van der Waals surface area contributed by atoms with Gasteiger partial charge >= 0.3 is 0 Å². The zero-order chi connectivity index (χ0) is 15.0. The van der Waals surface area contributed by atoms with Crippen molar-refractivity contribution in [3.8, 4) is 0 Å². The van der Waals surface area contributed by atoms with Crippen LogP contribution in [0.25, 0.3) is 0 Å². The Hall–Kier alpha value is -1.40. The fourth-order valence-corrected chi connectivity index (χ4v) is 2.08. The third kappa shape index (κ3) is 5.30. The Morgan fingerprint density at radius 3 is 2.70 bits per heavy atom. The third-order valence-corrected chi connectivity index (χ3v) is 3.37. The Kier molecular flexibility index (Phi) is 7.25. The van der Waals surface area contributed by atoms with E-state index in [0.29, 0.717) is 18.7 Å². The lowest BCUT2D eigenvalue weighted by Gasteiger charge is -2.17. The molecule has 6 heteroatoms. The van der Waals surface area contributed by atoms with Crippen molar-refractivity contribution in [2.75, 3.05) is 33.9 Å². The van der Waals surface area contributed by atoms with Crippen molar-refractivity contribution < 1.29 is 14.3 Å². The number of nitrogens with one attached hydrogen (secondary N) is 1. The first kappa shape index (κ1) is 16.7. The molecule has 0 saturated carbocycles. The number of benzene rings is 1. The minimum Gasteiger partial charge on any atom is -0.385 e. The van der Waals surface area contributed by atoms with E-state index in [1.807, 2.05) is 6.07 Å². The van der Waals surface area contributed by atoms with Gasteiger partial charge in [0, 0.05) is 31.8 Å². The fraction of sp³-hybridized carbons (Fsp3) is 0.429. The van der Waals surface area contributed by atoms with Crippen LogP contribution in [0.4, 0.5) is 0 Å². The Bertz CT molecular complexity index is 465. The van der Waals surface area contributed by atoms with Crippen molar-refractivity contribution in [2.45, 2.75) is 6.42 Å². The van der Waals surface area contributed by atoms with E-state index in [1.54, 1.807) is 32.4 Å². The van der Waals surface area contributed by atoms with Gasteiger partial charge in [0.2, 0.25) is 5.91 Å². The van der Waals surface area contributed by atoms with Crippen LogP contribution in [0.3, 0.4) is 0 Å². The highest BCUT2D eigenvalue weighted by molar-refractivity contribution is 9.10. The first-order chi connectivity index (χ1) is 9.56. The summed E-state index contributed by atoms with van der Waals surface area (Å²) in [6.07, 6.45) is 0.754. The molecule has 0 radical (unpaired) electrons. The molecular formula is C14H19BrN2O3. The van der Waals surface area contributed by atoms with E-state index < -0.39 is 0 Å². The highest BCUT2D eigenvalue weighted by Crippen LogP contribution is 2.17. The second kappa shape index (κ2) is 8.71. The first-order valence-corrected chi connectivity index (χ1v) is 7.11. The summed E-state index contributed by atoms with van der Waals surface area (Å²) in [6.45, 7) is 1.18. The maximum atomic E-state index is 12.2. The Labute approximate surface area is 127 Å². The number of carbonyl (C=O) groups is 2. The molecule has 0 aliphatic rings. The number of hydrogen-bond acceptors (Lipinski definition) is 3. The third-order valence-electron chi connectivity index (χ3n) is 2.68. The van der Waals surface area contributed by atoms with Crippen molar-refractivity contribution in [1.82, 2.24) is 10.2 Å². The number of nitrogens with zero attached hydrogens (tertiary/aromatic N) is 1. The standard InChI is InChI=1S/C14H19BrN2O3/c1-17(10-13(18)16-8-5-9-20-2)14(19)11-6-3-4-7-12(11)15/h3-4,6-7H,5,8-10H2,1-2H3,(H,16,18). The number of hydrogen-bond donors (Lipinski definition) is 1. The van der Waals surface area contributed by atoms with Crippen LogP contribution in [0.2, 0.25) is 0 Å². The molecule has 0 fully saturated rings. The van der Waals surface area contributed by atoms with Gasteiger partial charge in [0.25, 0.3) is 5.91 Å². The summed E-state index contributed by atoms with van der Waals surface area (Å²) in [6, 6.07) is 7.14. The quantitative estimate of drug-likeness (QED) is 0.767. The van der Waals surface area contributed by atoms with Crippen LogP contribution in [-0.2, 0) is 9.53 Å². The Balaban J connectivity index is 2.46. The fourth-order valence-electron chi connectivity index (χ4n) is 1.63. The number of rotatable bonds is 7. The lowest BCUT2D eigenvalue weighted by molar-refractivity contribution is -0.121. The van der Waals surface area contributed by atoms with Crippen molar-refractivity contribution in [3.63, 3.8) is 0 Å². The molecule has 0 atom stereocenters. The second-order valence-electron chi connectivity index (χ2n) is 4.34. The van der Waals surface area contributed by atoms with E-state index in [2.05, 4.69) is 21.2 Å². The maximum Gasteiger partial charge on any atom is 0.255 e. The van der Waals surface area contributed by atoms with Gasteiger partial charge < -0.3 is 15.0 Å². The van der Waals surface area contributed by atoms with E-state index in [4.69, 9.17) is 4.74 Å². The van der Waals surface area contributed by atoms with Crippen molar-refractivity contribution in [1.29, 1.82) is 0 Å². The predicted molar refractivity (Wildman–Crippen MR) is 80.6 cm³/mol. The molecule has 0 spiro atoms. The van der Waals surface area contributed by atoms with Gasteiger partial charge in [-0.15, -0.1) is 0 Å². The molecule has 0 aromatic heterocycles. The highest BCUT2D eigenvalue weighted by Gasteiger charge is 2.16. The van der Waals surface area contributed by atoms with Crippen molar-refractivity contribution in [2.24, 2.45) is 0 Å². The van der Waals surface area contributed by atoms with Crippen LogP contribution < -0.4 is 5.32 Å². The van der Waals surface area contributed by atoms with Crippen molar-refractivity contribution in [3.05, 3.63) is 34.3 Å². The summed E-state index contributed by atoms with van der Waals surface area (Å²) >= 11 is 3.33. The van der Waals surface area contributed by atoms with Crippen molar-refractivity contribution >= 4 is 27.7 Å². The molecule has 0 unspecified atom stereocenters. The van der Waals surface area contributed by atoms with E-state index in [0.717, 1.165) is 10.9 Å². The number of methoxy groups -OCH3 is 1. The second-order valence-corrected chi connectivity index (χ2v) is 5.19. The average Bonchev–Trinajstić information content (AvgIpc) is 2.43. The first-order valence-electron chi connectivity index (χ1n) is 6.32. The zero-order valence-electron chi connectivity index (χ0n) is 11.7. The Morgan fingerprint density at radius 1 is 1.35 bits per heavy atom. The summed E-state index contributed by atoms with van der Waals surface area (Å²) in [5, 5.41) is 2.74. The largest absolute Gasteiger partial charge is 0.385 e. The van der Waals surface area contributed by atoms with Gasteiger partial charge in [-0.05, 0) is 34.5 Å². The molecule has 1 aromatic rings. The van der Waals surface area contributed by atoms with Gasteiger partial charge in [0.05, 0.1) is 12.1 Å². The molecule has 0 heterocycles.